The van der Waals surface area contributed by atoms with Crippen LogP contribution in [0.4, 0.5) is 0 Å². The van der Waals surface area contributed by atoms with E-state index in [-0.39, 0.29) is 0 Å². The van der Waals surface area contributed by atoms with Crippen LogP contribution in [0, 0.1) is 0 Å². The molecule has 13 heavy (non-hydrogen) atoms. The molecule has 1 aromatic rings. The molecule has 1 rings (SSSR count). The van der Waals surface area contributed by atoms with E-state index >= 15 is 0 Å². The Hall–Kier alpha value is -1.13. The summed E-state index contributed by atoms with van der Waals surface area (Å²) in [6, 6.07) is 0. The molecular formula is C3H4N2O6S2. The SMILES string of the molecule is O=[SH](=O)OS(=O)(=O)On1ccnc1. The highest BCUT2D eigenvalue weighted by Crippen LogP contribution is 1.92. The highest BCUT2D eigenvalue weighted by atomic mass is 32.3. The summed E-state index contributed by atoms with van der Waals surface area (Å²) in [7, 11) is -8.09. The van der Waals surface area contributed by atoms with Gasteiger partial charge in [-0.05, 0) is 0 Å². The maximum atomic E-state index is 10.6. The lowest BCUT2D eigenvalue weighted by atomic mass is 11.0. The largest absolute Gasteiger partial charge is 0.482 e. The van der Waals surface area contributed by atoms with Crippen molar-refractivity contribution in [3.63, 3.8) is 0 Å². The second kappa shape index (κ2) is 3.72. The average Bonchev–Trinajstić information content (AvgIpc) is 2.34. The van der Waals surface area contributed by atoms with E-state index in [2.05, 4.69) is 12.9 Å². The normalized spacial score (nSPS) is 11.8. The van der Waals surface area contributed by atoms with Crippen molar-refractivity contribution in [3.8, 4) is 0 Å². The maximum Gasteiger partial charge on any atom is 0.482 e. The molecule has 0 saturated carbocycles. The van der Waals surface area contributed by atoms with Crippen LogP contribution in [0.1, 0.15) is 0 Å². The van der Waals surface area contributed by atoms with E-state index in [1.54, 1.807) is 0 Å². The van der Waals surface area contributed by atoms with E-state index in [1.807, 2.05) is 0 Å². The Kier molecular flexibility index (Phi) is 2.85. The van der Waals surface area contributed by atoms with Crippen molar-refractivity contribution in [2.45, 2.75) is 0 Å². The molecule has 0 fully saturated rings. The van der Waals surface area contributed by atoms with E-state index < -0.39 is 21.4 Å². The average molecular weight is 228 g/mol. The lowest BCUT2D eigenvalue weighted by molar-refractivity contribution is 0.246. The summed E-state index contributed by atoms with van der Waals surface area (Å²) in [6.45, 7) is 0. The third-order valence-corrected chi connectivity index (χ3v) is 2.38. The Morgan fingerprint density at radius 1 is 1.38 bits per heavy atom. The van der Waals surface area contributed by atoms with Gasteiger partial charge in [-0.15, -0.1) is 3.63 Å². The van der Waals surface area contributed by atoms with E-state index in [1.165, 1.54) is 6.20 Å². The van der Waals surface area contributed by atoms with E-state index in [9.17, 15) is 16.8 Å². The van der Waals surface area contributed by atoms with Crippen LogP contribution in [0.3, 0.4) is 0 Å². The number of hydrogen-bond donors (Lipinski definition) is 1. The lowest BCUT2D eigenvalue weighted by Crippen LogP contribution is -2.20. The van der Waals surface area contributed by atoms with Crippen molar-refractivity contribution >= 4 is 21.4 Å². The summed E-state index contributed by atoms with van der Waals surface area (Å²) in [6.07, 6.45) is 3.41. The summed E-state index contributed by atoms with van der Waals surface area (Å²) in [5.41, 5.74) is 0. The van der Waals surface area contributed by atoms with Gasteiger partial charge in [0.15, 0.2) is 0 Å². The van der Waals surface area contributed by atoms with Crippen LogP contribution in [0.5, 0.6) is 0 Å². The van der Waals surface area contributed by atoms with Gasteiger partial charge >= 0.3 is 10.4 Å². The first-order valence-corrected chi connectivity index (χ1v) is 5.19. The molecule has 0 aromatic carbocycles. The van der Waals surface area contributed by atoms with Crippen molar-refractivity contribution < 1.29 is 24.7 Å². The zero-order valence-electron chi connectivity index (χ0n) is 5.93. The molecule has 0 amide bonds. The summed E-state index contributed by atoms with van der Waals surface area (Å²) < 4.78 is 49.2. The minimum atomic E-state index is -4.58. The van der Waals surface area contributed by atoms with Crippen molar-refractivity contribution in [3.05, 3.63) is 18.7 Å². The first-order valence-electron chi connectivity index (χ1n) is 2.76. The molecule has 0 aliphatic rings. The highest BCUT2D eigenvalue weighted by molar-refractivity contribution is 7.90. The quantitative estimate of drug-likeness (QED) is 0.600. The monoisotopic (exact) mass is 228 g/mol. The predicted octanol–water partition coefficient (Wildman–Crippen LogP) is -1.90. The van der Waals surface area contributed by atoms with Crippen molar-refractivity contribution in [1.29, 1.82) is 0 Å². The van der Waals surface area contributed by atoms with Crippen LogP contribution in [-0.4, -0.2) is 26.5 Å². The van der Waals surface area contributed by atoms with Crippen molar-refractivity contribution in [1.82, 2.24) is 9.71 Å². The van der Waals surface area contributed by atoms with Gasteiger partial charge in [-0.2, -0.15) is 13.1 Å². The van der Waals surface area contributed by atoms with E-state index in [0.29, 0.717) is 4.73 Å². The van der Waals surface area contributed by atoms with Gasteiger partial charge in [-0.3, -0.25) is 4.28 Å². The molecule has 1 heterocycles. The van der Waals surface area contributed by atoms with Crippen LogP contribution >= 0.6 is 0 Å². The zero-order chi connectivity index (χ0) is 9.90. The van der Waals surface area contributed by atoms with Crippen molar-refractivity contribution in [2.75, 3.05) is 0 Å². The molecule has 0 spiro atoms. The lowest BCUT2D eigenvalue weighted by Gasteiger charge is -2.00. The summed E-state index contributed by atoms with van der Waals surface area (Å²) in [5, 5.41) is 0. The Balaban J connectivity index is 2.74. The molecule has 0 N–H and O–H groups in total. The first-order chi connectivity index (χ1) is 5.99. The van der Waals surface area contributed by atoms with Gasteiger partial charge in [-0.1, -0.05) is 0 Å². The number of rotatable bonds is 4. The smallest absolute Gasteiger partial charge is 0.264 e. The fourth-order valence-corrected chi connectivity index (χ4v) is 1.49. The molecule has 0 aliphatic carbocycles. The standard InChI is InChI=1S/C3H4N2O6S2/c6-12(7)11-13(8,9)10-5-2-1-4-3-5/h1-3,12H. The Labute approximate surface area is 75.2 Å². The molecular weight excluding hydrogens is 224 g/mol. The van der Waals surface area contributed by atoms with Crippen LogP contribution in [0.15, 0.2) is 18.7 Å². The van der Waals surface area contributed by atoms with E-state index in [0.717, 1.165) is 12.5 Å². The summed E-state index contributed by atoms with van der Waals surface area (Å²) in [4.78, 5) is 3.45. The van der Waals surface area contributed by atoms with Gasteiger partial charge in [0.05, 0.1) is 6.20 Å². The van der Waals surface area contributed by atoms with E-state index in [4.69, 9.17) is 0 Å². The number of imidazole rings is 1. The van der Waals surface area contributed by atoms with Gasteiger partial charge in [0.1, 0.15) is 6.33 Å². The Bertz CT molecular complexity index is 422. The summed E-state index contributed by atoms with van der Waals surface area (Å²) in [5.74, 6) is 0. The molecule has 10 heteroatoms. The molecule has 8 nitrogen and oxygen atoms in total. The number of nitrogens with zero attached hydrogens (tertiary/aromatic N) is 2. The number of aromatic nitrogens is 2. The minimum Gasteiger partial charge on any atom is -0.264 e. The van der Waals surface area contributed by atoms with Crippen LogP contribution < -0.4 is 4.28 Å². The molecule has 0 radical (unpaired) electrons. The molecule has 74 valence electrons. The second-order valence-corrected chi connectivity index (χ2v) is 3.71. The topological polar surface area (TPSA) is 105 Å². The fourth-order valence-electron chi connectivity index (χ4n) is 0.485. The number of hydrogen-bond acceptors (Lipinski definition) is 7. The molecule has 0 bridgehead atoms. The predicted molar refractivity (Wildman–Crippen MR) is 39.1 cm³/mol. The van der Waals surface area contributed by atoms with Crippen LogP contribution in [0.25, 0.3) is 0 Å². The van der Waals surface area contributed by atoms with Gasteiger partial charge in [0.2, 0.25) is 0 Å². The van der Waals surface area contributed by atoms with Gasteiger partial charge < -0.3 is 0 Å². The third-order valence-electron chi connectivity index (χ3n) is 0.810. The molecule has 0 saturated heterocycles. The molecule has 0 unspecified atom stereocenters. The van der Waals surface area contributed by atoms with Crippen LogP contribution in [-0.2, 0) is 25.0 Å². The Morgan fingerprint density at radius 3 is 2.54 bits per heavy atom. The van der Waals surface area contributed by atoms with Crippen molar-refractivity contribution in [2.24, 2.45) is 0 Å². The van der Waals surface area contributed by atoms with Gasteiger partial charge in [0, 0.05) is 6.20 Å². The molecule has 0 atom stereocenters. The fraction of sp³-hybridized carbons (Fsp3) is 0. The second-order valence-electron chi connectivity index (χ2n) is 1.70. The first kappa shape index (κ1) is 9.95. The summed E-state index contributed by atoms with van der Waals surface area (Å²) >= 11 is 0. The minimum absolute atomic E-state index is 0.675. The number of thiol groups is 1. The molecule has 1 aromatic heterocycles. The van der Waals surface area contributed by atoms with Crippen LogP contribution in [0.2, 0.25) is 0 Å². The Morgan fingerprint density at radius 2 is 2.08 bits per heavy atom. The highest BCUT2D eigenvalue weighted by Gasteiger charge is 2.15. The maximum absolute atomic E-state index is 10.6. The van der Waals surface area contributed by atoms with Gasteiger partial charge in [0.25, 0.3) is 11.0 Å². The molecule has 0 aliphatic heterocycles. The van der Waals surface area contributed by atoms with Gasteiger partial charge in [-0.25, -0.2) is 13.4 Å². The zero-order valence-corrected chi connectivity index (χ0v) is 7.64. The third kappa shape index (κ3) is 3.40.